The smallest absolute Gasteiger partial charge is 0.246 e. The van der Waals surface area contributed by atoms with Crippen molar-refractivity contribution >= 4 is 63.7 Å². The quantitative estimate of drug-likeness (QED) is 0.207. The van der Waals surface area contributed by atoms with Crippen LogP contribution in [0, 0.1) is 3.57 Å². The van der Waals surface area contributed by atoms with E-state index in [1.54, 1.807) is 24.3 Å². The number of carbonyl (C=O) groups excluding carboxylic acids is 5. The van der Waals surface area contributed by atoms with Gasteiger partial charge in [-0.25, -0.2) is 0 Å². The molecule has 4 atom stereocenters. The fourth-order valence-electron chi connectivity index (χ4n) is 6.95. The molecular weight excluding hydrogens is 793 g/mol. The molecular formula is C40H39ClIN5O5. The second-order valence-corrected chi connectivity index (χ2v) is 15.0. The van der Waals surface area contributed by atoms with Crippen molar-refractivity contribution in [3.05, 3.63) is 139 Å². The summed E-state index contributed by atoms with van der Waals surface area (Å²) in [6.07, 6.45) is 0.776. The van der Waals surface area contributed by atoms with Gasteiger partial charge in [-0.05, 0) is 80.2 Å². The minimum atomic E-state index is -1.10. The average Bonchev–Trinajstić information content (AvgIpc) is 3.14. The van der Waals surface area contributed by atoms with E-state index in [0.717, 1.165) is 37.0 Å². The standard InChI is InChI=1S/C40H39ClIN5O5/c1-24(48)46-22-29-8-4-2-6-27(29)20-35(46)38(50)45-34(19-25-10-14-31(41)15-11-25)40(52)47-23-30-9-5-3-7-28(30)21-36(47)39(51)44-33(37(43)49)18-26-12-16-32(42)17-13-26/h2-17,33-36H,18-23H2,1H3,(H2,43,49)(H,44,51)(H,45,50)/t33-,34+,35?,36?/m0/s1. The maximum Gasteiger partial charge on any atom is 0.246 e. The predicted octanol–water partition coefficient (Wildman–Crippen LogP) is 4.11. The van der Waals surface area contributed by atoms with Crippen molar-refractivity contribution in [2.24, 2.45) is 5.73 Å². The molecule has 4 aromatic rings. The lowest BCUT2D eigenvalue weighted by Gasteiger charge is -2.39. The highest BCUT2D eigenvalue weighted by atomic mass is 127. The van der Waals surface area contributed by atoms with Gasteiger partial charge in [-0.3, -0.25) is 24.0 Å². The van der Waals surface area contributed by atoms with Crippen LogP contribution in [0.4, 0.5) is 0 Å². The number of hydrogen-bond acceptors (Lipinski definition) is 5. The van der Waals surface area contributed by atoms with Crippen LogP contribution in [0.25, 0.3) is 0 Å². The molecule has 0 aliphatic carbocycles. The third-order valence-corrected chi connectivity index (χ3v) is 10.7. The van der Waals surface area contributed by atoms with Crippen molar-refractivity contribution in [1.29, 1.82) is 0 Å². The van der Waals surface area contributed by atoms with Crippen LogP contribution in [-0.2, 0) is 62.7 Å². The maximum atomic E-state index is 14.8. The number of nitrogens with zero attached hydrogens (tertiary/aromatic N) is 2. The number of fused-ring (bicyclic) bond motifs is 2. The van der Waals surface area contributed by atoms with Gasteiger partial charge in [0.2, 0.25) is 29.5 Å². The summed E-state index contributed by atoms with van der Waals surface area (Å²) < 4.78 is 1.03. The molecule has 4 N–H and O–H groups in total. The lowest BCUT2D eigenvalue weighted by molar-refractivity contribution is -0.146. The number of benzene rings is 4. The van der Waals surface area contributed by atoms with Gasteiger partial charge in [0.25, 0.3) is 0 Å². The van der Waals surface area contributed by atoms with Crippen LogP contribution in [0.1, 0.15) is 40.3 Å². The predicted molar refractivity (Wildman–Crippen MR) is 206 cm³/mol. The van der Waals surface area contributed by atoms with E-state index >= 15 is 0 Å². The van der Waals surface area contributed by atoms with Crippen LogP contribution in [0.2, 0.25) is 5.02 Å². The van der Waals surface area contributed by atoms with Crippen LogP contribution < -0.4 is 16.4 Å². The molecule has 2 unspecified atom stereocenters. The molecule has 0 radical (unpaired) electrons. The molecule has 0 saturated heterocycles. The number of nitrogens with two attached hydrogens (primary N) is 1. The zero-order chi connectivity index (χ0) is 36.9. The topological polar surface area (TPSA) is 142 Å². The van der Waals surface area contributed by atoms with E-state index in [-0.39, 0.29) is 38.3 Å². The van der Waals surface area contributed by atoms with E-state index in [4.69, 9.17) is 17.3 Å². The molecule has 12 heteroatoms. The second kappa shape index (κ2) is 16.3. The molecule has 0 fully saturated rings. The summed E-state index contributed by atoms with van der Waals surface area (Å²) >= 11 is 8.36. The molecule has 2 heterocycles. The van der Waals surface area contributed by atoms with E-state index in [1.165, 1.54) is 16.7 Å². The van der Waals surface area contributed by atoms with Crippen LogP contribution in [0.3, 0.4) is 0 Å². The number of nitrogens with one attached hydrogen (secondary N) is 2. The first-order chi connectivity index (χ1) is 25.0. The number of primary amides is 1. The summed E-state index contributed by atoms with van der Waals surface area (Å²) in [5.74, 6) is -2.43. The molecule has 4 aromatic carbocycles. The highest BCUT2D eigenvalue weighted by molar-refractivity contribution is 14.1. The Labute approximate surface area is 321 Å². The van der Waals surface area contributed by atoms with E-state index in [1.807, 2.05) is 72.8 Å². The van der Waals surface area contributed by atoms with Crippen molar-refractivity contribution < 1.29 is 24.0 Å². The van der Waals surface area contributed by atoms with E-state index in [0.29, 0.717) is 11.4 Å². The first kappa shape index (κ1) is 37.0. The van der Waals surface area contributed by atoms with Gasteiger partial charge in [0.1, 0.15) is 24.2 Å². The fraction of sp³-hybridized carbons (Fsp3) is 0.275. The molecule has 5 amide bonds. The van der Waals surface area contributed by atoms with Gasteiger partial charge in [0.05, 0.1) is 0 Å². The molecule has 2 aliphatic rings. The summed E-state index contributed by atoms with van der Waals surface area (Å²) in [6, 6.07) is 25.8. The number of halogens is 2. The van der Waals surface area contributed by atoms with Crippen LogP contribution >= 0.6 is 34.2 Å². The zero-order valence-electron chi connectivity index (χ0n) is 28.6. The normalized spacial score (nSPS) is 17.6. The molecule has 0 aromatic heterocycles. The Morgan fingerprint density at radius 3 is 1.65 bits per heavy atom. The van der Waals surface area contributed by atoms with Gasteiger partial charge in [-0.1, -0.05) is 84.4 Å². The Morgan fingerprint density at radius 2 is 1.13 bits per heavy atom. The number of amides is 5. The summed E-state index contributed by atoms with van der Waals surface area (Å²) in [5.41, 5.74) is 11.0. The van der Waals surface area contributed by atoms with Gasteiger partial charge >= 0.3 is 0 Å². The van der Waals surface area contributed by atoms with Crippen molar-refractivity contribution in [2.75, 3.05) is 0 Å². The first-order valence-corrected chi connectivity index (χ1v) is 18.5. The van der Waals surface area contributed by atoms with Gasteiger partial charge < -0.3 is 26.2 Å². The third-order valence-electron chi connectivity index (χ3n) is 9.77. The van der Waals surface area contributed by atoms with Crippen molar-refractivity contribution in [1.82, 2.24) is 20.4 Å². The molecule has 6 rings (SSSR count). The Kier molecular flexibility index (Phi) is 11.6. The van der Waals surface area contributed by atoms with Gasteiger partial charge in [-0.15, -0.1) is 0 Å². The van der Waals surface area contributed by atoms with Gasteiger partial charge in [0.15, 0.2) is 0 Å². The molecule has 0 spiro atoms. The SMILES string of the molecule is CC(=O)N1Cc2ccccc2CC1C(=O)N[C@H](Cc1ccc(Cl)cc1)C(=O)N1Cc2ccccc2CC1C(=O)N[C@@H](Cc1ccc(I)cc1)C(N)=O. The molecule has 268 valence electrons. The van der Waals surface area contributed by atoms with Crippen LogP contribution in [0.15, 0.2) is 97.1 Å². The van der Waals surface area contributed by atoms with Crippen LogP contribution in [0.5, 0.6) is 0 Å². The summed E-state index contributed by atoms with van der Waals surface area (Å²) in [7, 11) is 0. The van der Waals surface area contributed by atoms with Crippen LogP contribution in [-0.4, -0.2) is 63.5 Å². The highest BCUT2D eigenvalue weighted by Crippen LogP contribution is 2.27. The number of rotatable bonds is 10. The van der Waals surface area contributed by atoms with Gasteiger partial charge in [-0.2, -0.15) is 0 Å². The van der Waals surface area contributed by atoms with E-state index in [9.17, 15) is 24.0 Å². The molecule has 0 saturated carbocycles. The molecule has 10 nitrogen and oxygen atoms in total. The minimum Gasteiger partial charge on any atom is -0.368 e. The van der Waals surface area contributed by atoms with Crippen molar-refractivity contribution in [3.63, 3.8) is 0 Å². The summed E-state index contributed by atoms with van der Waals surface area (Å²) in [5, 5.41) is 6.32. The zero-order valence-corrected chi connectivity index (χ0v) is 31.5. The largest absolute Gasteiger partial charge is 0.368 e. The maximum absolute atomic E-state index is 14.8. The summed E-state index contributed by atoms with van der Waals surface area (Å²) in [4.78, 5) is 71.5. The molecule has 2 aliphatic heterocycles. The lowest BCUT2D eigenvalue weighted by atomic mass is 9.91. The lowest BCUT2D eigenvalue weighted by Crippen LogP contribution is -2.61. The first-order valence-electron chi connectivity index (χ1n) is 17.1. The van der Waals surface area contributed by atoms with Crippen molar-refractivity contribution in [2.45, 2.75) is 69.9 Å². The van der Waals surface area contributed by atoms with Gasteiger partial charge in [0, 0.05) is 54.3 Å². The van der Waals surface area contributed by atoms with Crippen molar-refractivity contribution in [3.8, 4) is 0 Å². The van der Waals surface area contributed by atoms with E-state index in [2.05, 4.69) is 33.2 Å². The highest BCUT2D eigenvalue weighted by Gasteiger charge is 2.41. The Morgan fingerprint density at radius 1 is 0.692 bits per heavy atom. The average molecular weight is 832 g/mol. The number of hydrogen-bond donors (Lipinski definition) is 3. The fourth-order valence-corrected chi connectivity index (χ4v) is 7.43. The van der Waals surface area contributed by atoms with E-state index < -0.39 is 47.8 Å². The Bertz CT molecular complexity index is 1990. The molecule has 52 heavy (non-hydrogen) atoms. The Hall–Kier alpha value is -4.75. The number of carbonyl (C=O) groups is 5. The summed E-state index contributed by atoms with van der Waals surface area (Å²) in [6.45, 7) is 1.80. The Balaban J connectivity index is 1.30. The third kappa shape index (κ3) is 8.64. The monoisotopic (exact) mass is 831 g/mol. The second-order valence-electron chi connectivity index (χ2n) is 13.3. The minimum absolute atomic E-state index is 0.105. The molecule has 0 bridgehead atoms.